The Bertz CT molecular complexity index is 480. The van der Waals surface area contributed by atoms with Crippen molar-refractivity contribution < 1.29 is 22.7 Å². The lowest BCUT2D eigenvalue weighted by atomic mass is 9.90. The van der Waals surface area contributed by atoms with Crippen LogP contribution in [0.25, 0.3) is 0 Å². The summed E-state index contributed by atoms with van der Waals surface area (Å²) in [6, 6.07) is 3.42. The Hall–Kier alpha value is -1.23. The lowest BCUT2D eigenvalue weighted by Crippen LogP contribution is -2.18. The van der Waals surface area contributed by atoms with Crippen LogP contribution < -0.4 is 4.74 Å². The molecule has 0 heterocycles. The highest BCUT2D eigenvalue weighted by Gasteiger charge is 2.31. The van der Waals surface area contributed by atoms with Crippen molar-refractivity contribution in [3.05, 3.63) is 28.8 Å². The van der Waals surface area contributed by atoms with E-state index in [-0.39, 0.29) is 22.3 Å². The lowest BCUT2D eigenvalue weighted by Gasteiger charge is -2.16. The van der Waals surface area contributed by atoms with Crippen molar-refractivity contribution in [2.45, 2.75) is 45.9 Å². The van der Waals surface area contributed by atoms with E-state index >= 15 is 0 Å². The topological polar surface area (TPSA) is 26.3 Å². The van der Waals surface area contributed by atoms with Crippen molar-refractivity contribution in [1.29, 1.82) is 0 Å². The molecule has 0 bridgehead atoms. The Balaban J connectivity index is 3.04. The Morgan fingerprint density at radius 2 is 1.81 bits per heavy atom. The number of carbonyl (C=O) groups excluding carboxylic acids is 1. The summed E-state index contributed by atoms with van der Waals surface area (Å²) in [6.07, 6.45) is -1.76. The van der Waals surface area contributed by atoms with Crippen LogP contribution in [0.5, 0.6) is 5.75 Å². The van der Waals surface area contributed by atoms with Gasteiger partial charge in [0.2, 0.25) is 0 Å². The number of halogens is 4. The second-order valence-electron chi connectivity index (χ2n) is 4.83. The van der Waals surface area contributed by atoms with E-state index < -0.39 is 12.1 Å². The minimum absolute atomic E-state index is 0.0883. The number of hydrogen-bond acceptors (Lipinski definition) is 2. The van der Waals surface area contributed by atoms with Crippen molar-refractivity contribution in [1.82, 2.24) is 0 Å². The maximum atomic E-state index is 12.4. The van der Waals surface area contributed by atoms with Crippen molar-refractivity contribution >= 4 is 17.4 Å². The first-order valence-electron chi connectivity index (χ1n) is 6.88. The van der Waals surface area contributed by atoms with E-state index in [1.54, 1.807) is 0 Å². The summed E-state index contributed by atoms with van der Waals surface area (Å²) >= 11 is 5.95. The van der Waals surface area contributed by atoms with Gasteiger partial charge in [-0.15, -0.1) is 13.2 Å². The molecule has 1 aromatic carbocycles. The van der Waals surface area contributed by atoms with Gasteiger partial charge in [-0.3, -0.25) is 4.79 Å². The Morgan fingerprint density at radius 1 is 1.24 bits per heavy atom. The van der Waals surface area contributed by atoms with Gasteiger partial charge in [0.05, 0.1) is 5.02 Å². The third-order valence-electron chi connectivity index (χ3n) is 3.08. The molecular formula is C15H18ClF3O2. The van der Waals surface area contributed by atoms with Crippen LogP contribution in [-0.2, 0) is 0 Å². The summed E-state index contributed by atoms with van der Waals surface area (Å²) in [5.41, 5.74) is 0.0883. The molecule has 0 aliphatic carbocycles. The molecule has 0 saturated carbocycles. The summed E-state index contributed by atoms with van der Waals surface area (Å²) in [5, 5.41) is 0.145. The number of hydrogen-bond donors (Lipinski definition) is 0. The molecule has 0 spiro atoms. The van der Waals surface area contributed by atoms with Crippen molar-refractivity contribution in [2.24, 2.45) is 5.92 Å². The molecule has 1 rings (SSSR count). The second-order valence-corrected chi connectivity index (χ2v) is 5.24. The number of rotatable bonds is 7. The zero-order valence-electron chi connectivity index (χ0n) is 12.0. The van der Waals surface area contributed by atoms with Crippen molar-refractivity contribution in [2.75, 3.05) is 0 Å². The summed E-state index contributed by atoms with van der Waals surface area (Å²) in [6.45, 7) is 3.92. The van der Waals surface area contributed by atoms with Gasteiger partial charge in [-0.2, -0.15) is 0 Å². The van der Waals surface area contributed by atoms with Gasteiger partial charge in [-0.05, 0) is 31.0 Å². The van der Waals surface area contributed by atoms with E-state index in [1.165, 1.54) is 6.07 Å². The number of Topliss-reactive ketones (excluding diaryl/α,β-unsaturated/α-hetero) is 1. The molecule has 21 heavy (non-hydrogen) atoms. The smallest absolute Gasteiger partial charge is 0.406 e. The first-order chi connectivity index (χ1) is 9.78. The van der Waals surface area contributed by atoms with Crippen LogP contribution in [0.15, 0.2) is 18.2 Å². The Morgan fingerprint density at radius 3 is 2.29 bits per heavy atom. The van der Waals surface area contributed by atoms with Gasteiger partial charge in [0.1, 0.15) is 5.75 Å². The van der Waals surface area contributed by atoms with Crippen LogP contribution >= 0.6 is 11.6 Å². The molecule has 0 fully saturated rings. The molecule has 2 nitrogen and oxygen atoms in total. The standard InChI is InChI=1S/C15H18ClF3O2/c1-3-5-10(6-4-2)14(20)12-9-11(7-8-13(12)16)21-15(17,18)19/h7-10H,3-6H2,1-2H3. The van der Waals surface area contributed by atoms with Crippen LogP contribution in [0.2, 0.25) is 5.02 Å². The van der Waals surface area contributed by atoms with Gasteiger partial charge in [-0.1, -0.05) is 38.3 Å². The molecule has 6 heteroatoms. The van der Waals surface area contributed by atoms with Crippen LogP contribution in [0.1, 0.15) is 49.9 Å². The van der Waals surface area contributed by atoms with Crippen LogP contribution in [0.3, 0.4) is 0 Å². The predicted molar refractivity (Wildman–Crippen MR) is 75.8 cm³/mol. The molecule has 1 aromatic rings. The fraction of sp³-hybridized carbons (Fsp3) is 0.533. The number of alkyl halides is 3. The quantitative estimate of drug-likeness (QED) is 0.607. The maximum absolute atomic E-state index is 12.4. The molecule has 0 N–H and O–H groups in total. The number of benzene rings is 1. The molecule has 0 aliphatic rings. The third-order valence-corrected chi connectivity index (χ3v) is 3.41. The van der Waals surface area contributed by atoms with E-state index in [9.17, 15) is 18.0 Å². The van der Waals surface area contributed by atoms with Gasteiger partial charge in [0.15, 0.2) is 5.78 Å². The molecule has 0 aromatic heterocycles. The van der Waals surface area contributed by atoms with E-state index in [2.05, 4.69) is 4.74 Å². The second kappa shape index (κ2) is 7.69. The average molecular weight is 323 g/mol. The Kier molecular flexibility index (Phi) is 6.52. The van der Waals surface area contributed by atoms with E-state index in [4.69, 9.17) is 11.6 Å². The summed E-state index contributed by atoms with van der Waals surface area (Å²) < 4.78 is 40.5. The summed E-state index contributed by atoms with van der Waals surface area (Å²) in [5.74, 6) is -0.878. The minimum Gasteiger partial charge on any atom is -0.406 e. The SMILES string of the molecule is CCCC(CCC)C(=O)c1cc(OC(F)(F)F)ccc1Cl. The van der Waals surface area contributed by atoms with Gasteiger partial charge >= 0.3 is 6.36 Å². The van der Waals surface area contributed by atoms with Crippen LogP contribution in [0, 0.1) is 5.92 Å². The monoisotopic (exact) mass is 322 g/mol. The number of carbonyl (C=O) groups is 1. The molecular weight excluding hydrogens is 305 g/mol. The van der Waals surface area contributed by atoms with Crippen molar-refractivity contribution in [3.63, 3.8) is 0 Å². The van der Waals surface area contributed by atoms with E-state index in [1.807, 2.05) is 13.8 Å². The molecule has 0 radical (unpaired) electrons. The molecule has 0 amide bonds. The Labute approximate surface area is 127 Å². The van der Waals surface area contributed by atoms with E-state index in [0.29, 0.717) is 12.8 Å². The summed E-state index contributed by atoms with van der Waals surface area (Å²) in [7, 11) is 0. The van der Waals surface area contributed by atoms with Gasteiger partial charge < -0.3 is 4.74 Å². The first kappa shape index (κ1) is 17.8. The first-order valence-corrected chi connectivity index (χ1v) is 7.25. The van der Waals surface area contributed by atoms with Gasteiger partial charge in [0, 0.05) is 11.5 Å². The minimum atomic E-state index is -4.79. The molecule has 0 saturated heterocycles. The molecule has 0 aliphatic heterocycles. The van der Waals surface area contributed by atoms with Crippen molar-refractivity contribution in [3.8, 4) is 5.75 Å². The fourth-order valence-corrected chi connectivity index (χ4v) is 2.42. The molecule has 118 valence electrons. The predicted octanol–water partition coefficient (Wildman–Crippen LogP) is 5.64. The molecule has 0 atom stereocenters. The highest BCUT2D eigenvalue weighted by Crippen LogP contribution is 2.30. The lowest BCUT2D eigenvalue weighted by molar-refractivity contribution is -0.274. The maximum Gasteiger partial charge on any atom is 0.573 e. The summed E-state index contributed by atoms with van der Waals surface area (Å²) in [4.78, 5) is 12.4. The number of ketones is 1. The van der Waals surface area contributed by atoms with Gasteiger partial charge in [-0.25, -0.2) is 0 Å². The zero-order valence-corrected chi connectivity index (χ0v) is 12.7. The number of ether oxygens (including phenoxy) is 1. The normalized spacial score (nSPS) is 11.8. The third kappa shape index (κ3) is 5.58. The van der Waals surface area contributed by atoms with Crippen LogP contribution in [0.4, 0.5) is 13.2 Å². The van der Waals surface area contributed by atoms with E-state index in [0.717, 1.165) is 25.0 Å². The largest absolute Gasteiger partial charge is 0.573 e. The highest BCUT2D eigenvalue weighted by atomic mass is 35.5. The highest BCUT2D eigenvalue weighted by molar-refractivity contribution is 6.34. The van der Waals surface area contributed by atoms with Crippen LogP contribution in [-0.4, -0.2) is 12.1 Å². The zero-order chi connectivity index (χ0) is 16.0. The molecule has 0 unspecified atom stereocenters. The fourth-order valence-electron chi connectivity index (χ4n) is 2.21. The average Bonchev–Trinajstić information content (AvgIpc) is 2.38. The van der Waals surface area contributed by atoms with Gasteiger partial charge in [0.25, 0.3) is 0 Å².